The Labute approximate surface area is 134 Å². The molecule has 1 atom stereocenters. The molecule has 0 bridgehead atoms. The van der Waals surface area contributed by atoms with Crippen LogP contribution in [0.25, 0.3) is 11.4 Å². The Hall–Kier alpha value is -1.10. The Morgan fingerprint density at radius 2 is 1.86 bits per heavy atom. The molecular weight excluding hydrogens is 309 g/mol. The molecule has 4 nitrogen and oxygen atoms in total. The predicted octanol–water partition coefficient (Wildman–Crippen LogP) is 4.22. The first-order valence-corrected chi connectivity index (χ1v) is 7.77. The Kier molecular flexibility index (Phi) is 5.62. The van der Waals surface area contributed by atoms with Crippen LogP contribution in [0.5, 0.6) is 0 Å². The highest BCUT2D eigenvalue weighted by molar-refractivity contribution is 6.35. The largest absolute Gasteiger partial charge is 0.339 e. The van der Waals surface area contributed by atoms with Gasteiger partial charge in [0, 0.05) is 28.1 Å². The molecule has 0 saturated carbocycles. The molecule has 0 aliphatic rings. The second-order valence-corrected chi connectivity index (χ2v) is 6.16. The summed E-state index contributed by atoms with van der Waals surface area (Å²) in [6.07, 6.45) is 0.701. The summed E-state index contributed by atoms with van der Waals surface area (Å²) in [7, 11) is 0. The van der Waals surface area contributed by atoms with Crippen LogP contribution in [0.3, 0.4) is 0 Å². The van der Waals surface area contributed by atoms with E-state index in [1.807, 2.05) is 0 Å². The summed E-state index contributed by atoms with van der Waals surface area (Å²) in [5.74, 6) is 1.61. The van der Waals surface area contributed by atoms with Gasteiger partial charge in [-0.3, -0.25) is 0 Å². The maximum Gasteiger partial charge on any atom is 0.228 e. The van der Waals surface area contributed by atoms with E-state index in [0.29, 0.717) is 40.1 Å². The van der Waals surface area contributed by atoms with Crippen molar-refractivity contribution in [3.63, 3.8) is 0 Å². The molecular formula is C15H19Cl2N3O. The van der Waals surface area contributed by atoms with Gasteiger partial charge in [-0.1, -0.05) is 49.1 Å². The average molecular weight is 328 g/mol. The van der Waals surface area contributed by atoms with Crippen LogP contribution in [0.4, 0.5) is 0 Å². The lowest BCUT2D eigenvalue weighted by Gasteiger charge is -2.19. The molecule has 1 unspecified atom stereocenters. The van der Waals surface area contributed by atoms with Gasteiger partial charge in [-0.15, -0.1) is 0 Å². The fourth-order valence-electron chi connectivity index (χ4n) is 2.13. The van der Waals surface area contributed by atoms with Gasteiger partial charge in [0.1, 0.15) is 0 Å². The fourth-order valence-corrected chi connectivity index (χ4v) is 2.66. The average Bonchev–Trinajstić information content (AvgIpc) is 2.85. The van der Waals surface area contributed by atoms with E-state index in [1.54, 1.807) is 18.2 Å². The Morgan fingerprint density at radius 1 is 1.19 bits per heavy atom. The monoisotopic (exact) mass is 327 g/mol. The van der Waals surface area contributed by atoms with E-state index < -0.39 is 0 Å². The zero-order valence-electron chi connectivity index (χ0n) is 12.4. The van der Waals surface area contributed by atoms with E-state index in [9.17, 15) is 0 Å². The fraction of sp³-hybridized carbons (Fsp3) is 0.467. The van der Waals surface area contributed by atoms with Gasteiger partial charge < -0.3 is 9.84 Å². The number of nitrogens with one attached hydrogen (secondary N) is 1. The normalized spacial score (nSPS) is 12.9. The minimum atomic E-state index is 0.311. The van der Waals surface area contributed by atoms with Crippen LogP contribution in [-0.2, 0) is 6.42 Å². The maximum absolute atomic E-state index is 5.99. The van der Waals surface area contributed by atoms with Crippen LogP contribution >= 0.6 is 23.2 Å². The summed E-state index contributed by atoms with van der Waals surface area (Å²) in [6, 6.07) is 5.53. The first kappa shape index (κ1) is 16.3. The summed E-state index contributed by atoms with van der Waals surface area (Å²) in [4.78, 5) is 4.43. The van der Waals surface area contributed by atoms with Gasteiger partial charge in [0.25, 0.3) is 0 Å². The van der Waals surface area contributed by atoms with E-state index in [1.165, 1.54) is 0 Å². The highest BCUT2D eigenvalue weighted by Gasteiger charge is 2.17. The number of rotatable bonds is 6. The smallest absolute Gasteiger partial charge is 0.228 e. The maximum atomic E-state index is 5.99. The van der Waals surface area contributed by atoms with Crippen molar-refractivity contribution in [2.75, 3.05) is 6.54 Å². The molecule has 2 aromatic rings. The Balaban J connectivity index is 2.17. The van der Waals surface area contributed by atoms with Crippen molar-refractivity contribution in [3.8, 4) is 11.4 Å². The molecule has 2 rings (SSSR count). The summed E-state index contributed by atoms with van der Waals surface area (Å²) >= 11 is 12.0. The van der Waals surface area contributed by atoms with Crippen molar-refractivity contribution >= 4 is 23.2 Å². The summed E-state index contributed by atoms with van der Waals surface area (Å²) < 4.78 is 5.34. The van der Waals surface area contributed by atoms with E-state index >= 15 is 0 Å². The number of aromatic nitrogens is 2. The molecule has 0 spiro atoms. The van der Waals surface area contributed by atoms with Gasteiger partial charge in [0.15, 0.2) is 0 Å². The first-order valence-electron chi connectivity index (χ1n) is 7.02. The summed E-state index contributed by atoms with van der Waals surface area (Å²) in [5.41, 5.74) is 0.757. The lowest BCUT2D eigenvalue weighted by atomic mass is 10.0. The van der Waals surface area contributed by atoms with Crippen molar-refractivity contribution < 1.29 is 4.52 Å². The second-order valence-electron chi connectivity index (χ2n) is 5.28. The van der Waals surface area contributed by atoms with Crippen molar-refractivity contribution in [3.05, 3.63) is 34.1 Å². The van der Waals surface area contributed by atoms with Gasteiger partial charge in [-0.05, 0) is 30.7 Å². The number of hydrogen-bond acceptors (Lipinski definition) is 4. The lowest BCUT2D eigenvalue weighted by Crippen LogP contribution is -2.35. The molecule has 6 heteroatoms. The summed E-state index contributed by atoms with van der Waals surface area (Å²) in [6.45, 7) is 7.33. The molecule has 114 valence electrons. The van der Waals surface area contributed by atoms with Crippen LogP contribution in [-0.4, -0.2) is 22.7 Å². The van der Waals surface area contributed by atoms with Crippen LogP contribution in [0.2, 0.25) is 10.0 Å². The van der Waals surface area contributed by atoms with E-state index in [-0.39, 0.29) is 0 Å². The highest BCUT2D eigenvalue weighted by Crippen LogP contribution is 2.25. The van der Waals surface area contributed by atoms with E-state index in [2.05, 4.69) is 36.2 Å². The van der Waals surface area contributed by atoms with E-state index in [4.69, 9.17) is 27.7 Å². The second kappa shape index (κ2) is 7.25. The quantitative estimate of drug-likeness (QED) is 0.862. The topological polar surface area (TPSA) is 51.0 Å². The molecule has 0 radical (unpaired) electrons. The Morgan fingerprint density at radius 3 is 2.43 bits per heavy atom. The number of halogens is 2. The minimum absolute atomic E-state index is 0.311. The van der Waals surface area contributed by atoms with Crippen LogP contribution in [0.15, 0.2) is 22.7 Å². The number of benzene rings is 1. The number of hydrogen-bond donors (Lipinski definition) is 1. The molecule has 0 aliphatic heterocycles. The van der Waals surface area contributed by atoms with Crippen molar-refractivity contribution in [2.45, 2.75) is 33.2 Å². The molecule has 1 N–H and O–H groups in total. The van der Waals surface area contributed by atoms with Crippen LogP contribution < -0.4 is 5.32 Å². The SMILES string of the molecule is CCNC(Cc1nc(-c2cc(Cl)cc(Cl)c2)no1)C(C)C. The highest BCUT2D eigenvalue weighted by atomic mass is 35.5. The molecule has 0 fully saturated rings. The van der Waals surface area contributed by atoms with Crippen molar-refractivity contribution in [2.24, 2.45) is 5.92 Å². The molecule has 0 saturated heterocycles. The minimum Gasteiger partial charge on any atom is -0.339 e. The number of likely N-dealkylation sites (N-methyl/N-ethyl adjacent to an activating group) is 1. The zero-order chi connectivity index (χ0) is 15.4. The third-order valence-corrected chi connectivity index (χ3v) is 3.69. The zero-order valence-corrected chi connectivity index (χ0v) is 13.9. The van der Waals surface area contributed by atoms with Crippen molar-refractivity contribution in [1.82, 2.24) is 15.5 Å². The van der Waals surface area contributed by atoms with Gasteiger partial charge in [-0.25, -0.2) is 0 Å². The molecule has 1 aromatic carbocycles. The van der Waals surface area contributed by atoms with Crippen LogP contribution in [0, 0.1) is 5.92 Å². The molecule has 21 heavy (non-hydrogen) atoms. The van der Waals surface area contributed by atoms with Crippen molar-refractivity contribution in [1.29, 1.82) is 0 Å². The third-order valence-electron chi connectivity index (χ3n) is 3.25. The standard InChI is InChI=1S/C15H19Cl2N3O/c1-4-18-13(9(2)3)8-14-19-15(20-21-14)10-5-11(16)7-12(17)6-10/h5-7,9,13,18H,4,8H2,1-3H3. The van der Waals surface area contributed by atoms with Crippen LogP contribution in [0.1, 0.15) is 26.7 Å². The summed E-state index contributed by atoms with van der Waals surface area (Å²) in [5, 5.41) is 8.54. The van der Waals surface area contributed by atoms with Gasteiger partial charge >= 0.3 is 0 Å². The molecule has 1 heterocycles. The van der Waals surface area contributed by atoms with Gasteiger partial charge in [-0.2, -0.15) is 4.98 Å². The first-order chi connectivity index (χ1) is 9.99. The molecule has 1 aromatic heterocycles. The molecule has 0 aliphatic carbocycles. The van der Waals surface area contributed by atoms with Gasteiger partial charge in [0.05, 0.1) is 0 Å². The number of nitrogens with zero attached hydrogens (tertiary/aromatic N) is 2. The third kappa shape index (κ3) is 4.43. The lowest BCUT2D eigenvalue weighted by molar-refractivity contribution is 0.329. The molecule has 0 amide bonds. The van der Waals surface area contributed by atoms with E-state index in [0.717, 1.165) is 12.1 Å². The predicted molar refractivity (Wildman–Crippen MR) is 85.8 cm³/mol. The van der Waals surface area contributed by atoms with Gasteiger partial charge in [0.2, 0.25) is 11.7 Å². The Bertz CT molecular complexity index is 578.